The van der Waals surface area contributed by atoms with Crippen molar-refractivity contribution >= 4 is 11.9 Å². The zero-order chi connectivity index (χ0) is 15.3. The van der Waals surface area contributed by atoms with Gasteiger partial charge in [0.05, 0.1) is 0 Å². The molecule has 1 N–H and O–H groups in total. The molecule has 1 atom stereocenters. The Morgan fingerprint density at radius 1 is 1.30 bits per heavy atom. The highest BCUT2D eigenvalue weighted by molar-refractivity contribution is 5.97. The molecule has 0 aliphatic heterocycles. The van der Waals surface area contributed by atoms with Crippen LogP contribution in [0.1, 0.15) is 33.3 Å². The predicted octanol–water partition coefficient (Wildman–Crippen LogP) is 2.18. The number of aromatic nitrogens is 1. The molecule has 1 rings (SSSR count). The Labute approximate surface area is 119 Å². The fourth-order valence-electron chi connectivity index (χ4n) is 2.08. The van der Waals surface area contributed by atoms with Gasteiger partial charge in [0, 0.05) is 25.5 Å². The Hall–Kier alpha value is -1.91. The lowest BCUT2D eigenvalue weighted by molar-refractivity contribution is -0.156. The van der Waals surface area contributed by atoms with Crippen LogP contribution in [0.5, 0.6) is 0 Å². The van der Waals surface area contributed by atoms with Crippen LogP contribution in [-0.4, -0.2) is 33.4 Å². The van der Waals surface area contributed by atoms with Crippen LogP contribution in [0.2, 0.25) is 0 Å². The summed E-state index contributed by atoms with van der Waals surface area (Å²) >= 11 is 0. The third-order valence-electron chi connectivity index (χ3n) is 3.18. The number of amides is 1. The topological polar surface area (TPSA) is 70.5 Å². The van der Waals surface area contributed by atoms with Gasteiger partial charge in [-0.15, -0.1) is 0 Å². The maximum absolute atomic E-state index is 12.5. The number of hydrogen-bond donors (Lipinski definition) is 1. The van der Waals surface area contributed by atoms with E-state index in [9.17, 15) is 14.7 Å². The van der Waals surface area contributed by atoms with Crippen LogP contribution >= 0.6 is 0 Å². The summed E-state index contributed by atoms with van der Waals surface area (Å²) in [5, 5.41) is 9.33. The molecule has 0 aliphatic carbocycles. The molecule has 0 saturated carbocycles. The number of carboxylic acids is 1. The van der Waals surface area contributed by atoms with Crippen molar-refractivity contribution in [1.29, 1.82) is 0 Å². The van der Waals surface area contributed by atoms with Crippen LogP contribution in [0.15, 0.2) is 24.5 Å². The van der Waals surface area contributed by atoms with E-state index in [0.29, 0.717) is 13.1 Å². The molecule has 0 fully saturated rings. The number of nitrogens with zero attached hydrogens (tertiary/aromatic N) is 2. The molecule has 110 valence electrons. The Morgan fingerprint density at radius 2 is 1.85 bits per heavy atom. The number of carbonyl (C=O) groups excluding carboxylic acids is 1. The van der Waals surface area contributed by atoms with Crippen molar-refractivity contribution in [2.45, 2.75) is 34.2 Å². The van der Waals surface area contributed by atoms with E-state index in [2.05, 4.69) is 4.98 Å². The van der Waals surface area contributed by atoms with Crippen LogP contribution < -0.4 is 0 Å². The van der Waals surface area contributed by atoms with E-state index < -0.39 is 17.3 Å². The Kier molecular flexibility index (Phi) is 5.25. The van der Waals surface area contributed by atoms with Crippen LogP contribution in [0.4, 0.5) is 0 Å². The largest absolute Gasteiger partial charge is 0.481 e. The van der Waals surface area contributed by atoms with Crippen molar-refractivity contribution in [3.63, 3.8) is 0 Å². The molecule has 1 aromatic heterocycles. The van der Waals surface area contributed by atoms with Crippen LogP contribution in [-0.2, 0) is 16.1 Å². The average Bonchev–Trinajstić information content (AvgIpc) is 2.34. The normalized spacial score (nSPS) is 12.8. The first-order valence-corrected chi connectivity index (χ1v) is 6.68. The van der Waals surface area contributed by atoms with E-state index >= 15 is 0 Å². The quantitative estimate of drug-likeness (QED) is 0.838. The Balaban J connectivity index is 2.93. The van der Waals surface area contributed by atoms with Crippen molar-refractivity contribution in [1.82, 2.24) is 9.88 Å². The average molecular weight is 278 g/mol. The summed E-state index contributed by atoms with van der Waals surface area (Å²) in [4.78, 5) is 29.4. The molecule has 0 saturated heterocycles. The van der Waals surface area contributed by atoms with Gasteiger partial charge in [-0.1, -0.05) is 20.8 Å². The fourth-order valence-corrected chi connectivity index (χ4v) is 2.08. The van der Waals surface area contributed by atoms with E-state index in [1.54, 1.807) is 38.1 Å². The van der Waals surface area contributed by atoms with E-state index in [0.717, 1.165) is 5.56 Å². The standard InChI is InChI=1S/C15H22N2O3/c1-5-17(10-11-6-8-16-9-7-11)13(18)12(14(19)20)15(2,3)4/h6-9,12H,5,10H2,1-4H3,(H,19,20). The highest BCUT2D eigenvalue weighted by atomic mass is 16.4. The molecule has 1 amide bonds. The Bertz CT molecular complexity index is 466. The number of rotatable bonds is 5. The molecule has 1 heterocycles. The highest BCUT2D eigenvalue weighted by Crippen LogP contribution is 2.28. The van der Waals surface area contributed by atoms with Crippen molar-refractivity contribution in [2.24, 2.45) is 11.3 Å². The van der Waals surface area contributed by atoms with Crippen LogP contribution in [0, 0.1) is 11.3 Å². The third-order valence-corrected chi connectivity index (χ3v) is 3.18. The van der Waals surface area contributed by atoms with Crippen molar-refractivity contribution in [3.05, 3.63) is 30.1 Å². The maximum atomic E-state index is 12.5. The maximum Gasteiger partial charge on any atom is 0.316 e. The number of hydrogen-bond acceptors (Lipinski definition) is 3. The van der Waals surface area contributed by atoms with E-state index in [1.807, 2.05) is 19.1 Å². The minimum atomic E-state index is -1.07. The molecular weight excluding hydrogens is 256 g/mol. The smallest absolute Gasteiger partial charge is 0.316 e. The van der Waals surface area contributed by atoms with E-state index in [-0.39, 0.29) is 5.91 Å². The summed E-state index contributed by atoms with van der Waals surface area (Å²) < 4.78 is 0. The SMILES string of the molecule is CCN(Cc1ccncc1)C(=O)C(C(=O)O)C(C)(C)C. The molecular formula is C15H22N2O3. The minimum absolute atomic E-state index is 0.343. The summed E-state index contributed by atoms with van der Waals surface area (Å²) in [6.45, 7) is 8.03. The van der Waals surface area contributed by atoms with Gasteiger partial charge in [-0.05, 0) is 30.0 Å². The molecule has 0 aromatic carbocycles. The summed E-state index contributed by atoms with van der Waals surface area (Å²) in [5.74, 6) is -2.45. The molecule has 1 aromatic rings. The number of aliphatic carboxylic acids is 1. The molecule has 5 heteroatoms. The van der Waals surface area contributed by atoms with Gasteiger partial charge in [-0.25, -0.2) is 0 Å². The third kappa shape index (κ3) is 4.05. The summed E-state index contributed by atoms with van der Waals surface area (Å²) in [7, 11) is 0. The van der Waals surface area contributed by atoms with Gasteiger partial charge < -0.3 is 10.0 Å². The molecule has 5 nitrogen and oxygen atoms in total. The molecule has 0 bridgehead atoms. The van der Waals surface area contributed by atoms with E-state index in [1.165, 1.54) is 0 Å². The molecule has 0 aliphatic rings. The first-order chi connectivity index (χ1) is 9.27. The van der Waals surface area contributed by atoms with Gasteiger partial charge in [0.2, 0.25) is 5.91 Å². The summed E-state index contributed by atoms with van der Waals surface area (Å²) in [6.07, 6.45) is 3.32. The molecule has 0 radical (unpaired) electrons. The zero-order valence-corrected chi connectivity index (χ0v) is 12.5. The predicted molar refractivity (Wildman–Crippen MR) is 75.9 cm³/mol. The zero-order valence-electron chi connectivity index (χ0n) is 12.5. The van der Waals surface area contributed by atoms with Gasteiger partial charge in [-0.2, -0.15) is 0 Å². The number of pyridine rings is 1. The van der Waals surface area contributed by atoms with Gasteiger partial charge in [-0.3, -0.25) is 14.6 Å². The Morgan fingerprint density at radius 3 is 2.25 bits per heavy atom. The lowest BCUT2D eigenvalue weighted by Crippen LogP contribution is -2.44. The van der Waals surface area contributed by atoms with Crippen molar-refractivity contribution < 1.29 is 14.7 Å². The van der Waals surface area contributed by atoms with Gasteiger partial charge in [0.25, 0.3) is 0 Å². The van der Waals surface area contributed by atoms with Gasteiger partial charge in [0.15, 0.2) is 0 Å². The first kappa shape index (κ1) is 16.1. The van der Waals surface area contributed by atoms with Crippen molar-refractivity contribution in [3.8, 4) is 0 Å². The second kappa shape index (κ2) is 6.50. The van der Waals surface area contributed by atoms with Crippen LogP contribution in [0.25, 0.3) is 0 Å². The monoisotopic (exact) mass is 278 g/mol. The lowest BCUT2D eigenvalue weighted by atomic mass is 9.79. The van der Waals surface area contributed by atoms with Gasteiger partial charge in [0.1, 0.15) is 5.92 Å². The second-order valence-electron chi connectivity index (χ2n) is 5.85. The molecule has 0 spiro atoms. The highest BCUT2D eigenvalue weighted by Gasteiger charge is 2.39. The second-order valence-corrected chi connectivity index (χ2v) is 5.85. The van der Waals surface area contributed by atoms with Crippen LogP contribution in [0.3, 0.4) is 0 Å². The minimum Gasteiger partial charge on any atom is -0.481 e. The number of carboxylic acid groups (broad SMARTS) is 1. The summed E-state index contributed by atoms with van der Waals surface area (Å²) in [6, 6.07) is 3.64. The fraction of sp³-hybridized carbons (Fsp3) is 0.533. The molecule has 20 heavy (non-hydrogen) atoms. The van der Waals surface area contributed by atoms with Crippen molar-refractivity contribution in [2.75, 3.05) is 6.54 Å². The first-order valence-electron chi connectivity index (χ1n) is 6.68. The lowest BCUT2D eigenvalue weighted by Gasteiger charge is -2.31. The number of carbonyl (C=O) groups is 2. The molecule has 1 unspecified atom stereocenters. The summed E-state index contributed by atoms with van der Waals surface area (Å²) in [5.41, 5.74) is 0.322. The van der Waals surface area contributed by atoms with Gasteiger partial charge >= 0.3 is 5.97 Å². The van der Waals surface area contributed by atoms with E-state index in [4.69, 9.17) is 0 Å².